The lowest BCUT2D eigenvalue weighted by molar-refractivity contribution is 0.718. The summed E-state index contributed by atoms with van der Waals surface area (Å²) in [6.45, 7) is 0.906. The molecule has 0 radical (unpaired) electrons. The van der Waals surface area contributed by atoms with E-state index >= 15 is 0 Å². The molecule has 3 atom stereocenters. The molecule has 0 saturated heterocycles. The lowest BCUT2D eigenvalue weighted by Gasteiger charge is -2.09. The van der Waals surface area contributed by atoms with E-state index in [0.717, 1.165) is 18.3 Å². The van der Waals surface area contributed by atoms with Crippen molar-refractivity contribution in [2.45, 2.75) is 12.3 Å². The number of hydrogen-bond acceptors (Lipinski definition) is 3. The highest BCUT2D eigenvalue weighted by Gasteiger charge is 2.54. The Bertz CT molecular complexity index is 750. The van der Waals surface area contributed by atoms with Crippen LogP contribution >= 0.6 is 11.6 Å². The van der Waals surface area contributed by atoms with Crippen LogP contribution in [0.1, 0.15) is 22.7 Å². The number of halogens is 1. The van der Waals surface area contributed by atoms with Crippen molar-refractivity contribution in [3.63, 3.8) is 0 Å². The van der Waals surface area contributed by atoms with Gasteiger partial charge in [-0.3, -0.25) is 0 Å². The molecule has 1 aromatic heterocycles. The zero-order chi connectivity index (χ0) is 14.4. The molecule has 2 aromatic rings. The van der Waals surface area contributed by atoms with Crippen molar-refractivity contribution in [3.8, 4) is 6.07 Å². The zero-order valence-electron chi connectivity index (χ0n) is 11.4. The number of pyridine rings is 1. The average molecular weight is 296 g/mol. The highest BCUT2D eigenvalue weighted by Crippen LogP contribution is 2.61. The van der Waals surface area contributed by atoms with Crippen molar-refractivity contribution < 1.29 is 0 Å². The summed E-state index contributed by atoms with van der Waals surface area (Å²) < 4.78 is 0. The molecule has 4 heteroatoms. The number of nitrogens with one attached hydrogen (secondary N) is 1. The summed E-state index contributed by atoms with van der Waals surface area (Å²) in [4.78, 5) is 4.22. The fourth-order valence-corrected chi connectivity index (χ4v) is 3.75. The van der Waals surface area contributed by atoms with E-state index in [0.29, 0.717) is 16.9 Å². The van der Waals surface area contributed by atoms with E-state index in [4.69, 9.17) is 16.9 Å². The van der Waals surface area contributed by atoms with Gasteiger partial charge < -0.3 is 5.32 Å². The number of anilines is 1. The van der Waals surface area contributed by atoms with Gasteiger partial charge in [-0.2, -0.15) is 5.26 Å². The third-order valence-corrected chi connectivity index (χ3v) is 4.98. The molecular weight excluding hydrogens is 282 g/mol. The quantitative estimate of drug-likeness (QED) is 0.941. The molecule has 2 aliphatic carbocycles. The maximum Gasteiger partial charge on any atom is 0.161 e. The van der Waals surface area contributed by atoms with Gasteiger partial charge in [-0.1, -0.05) is 35.9 Å². The summed E-state index contributed by atoms with van der Waals surface area (Å²) in [5.74, 6) is 2.89. The van der Waals surface area contributed by atoms with E-state index in [2.05, 4.69) is 34.6 Å². The third kappa shape index (κ3) is 2.07. The van der Waals surface area contributed by atoms with E-state index in [-0.39, 0.29) is 5.69 Å². The second-order valence-corrected chi connectivity index (χ2v) is 6.18. The molecule has 1 fully saturated rings. The molecule has 0 amide bonds. The van der Waals surface area contributed by atoms with E-state index < -0.39 is 0 Å². The highest BCUT2D eigenvalue weighted by molar-refractivity contribution is 6.31. The summed E-state index contributed by atoms with van der Waals surface area (Å²) in [7, 11) is 0. The summed E-state index contributed by atoms with van der Waals surface area (Å²) in [6, 6.07) is 14.3. The predicted molar refractivity (Wildman–Crippen MR) is 82.3 cm³/mol. The van der Waals surface area contributed by atoms with Crippen LogP contribution in [0.3, 0.4) is 0 Å². The summed E-state index contributed by atoms with van der Waals surface area (Å²) in [5.41, 5.74) is 3.32. The normalized spacial score (nSPS) is 24.9. The first-order valence-electron chi connectivity index (χ1n) is 7.16. The van der Waals surface area contributed by atoms with Crippen LogP contribution in [0.4, 0.5) is 5.82 Å². The van der Waals surface area contributed by atoms with Crippen LogP contribution < -0.4 is 5.32 Å². The number of benzene rings is 1. The first-order chi connectivity index (χ1) is 10.3. The molecular formula is C17H14ClN3. The molecule has 21 heavy (non-hydrogen) atoms. The summed E-state index contributed by atoms with van der Waals surface area (Å²) in [6.07, 6.45) is 1.20. The maximum absolute atomic E-state index is 8.95. The molecule has 0 spiro atoms. The first-order valence-corrected chi connectivity index (χ1v) is 7.54. The number of hydrogen-bond donors (Lipinski definition) is 1. The van der Waals surface area contributed by atoms with Gasteiger partial charge in [0.15, 0.2) is 5.69 Å². The largest absolute Gasteiger partial charge is 0.370 e. The number of aromatic nitrogens is 1. The monoisotopic (exact) mass is 295 g/mol. The van der Waals surface area contributed by atoms with Crippen LogP contribution in [0.5, 0.6) is 0 Å². The maximum atomic E-state index is 8.95. The van der Waals surface area contributed by atoms with E-state index in [9.17, 15) is 0 Å². The van der Waals surface area contributed by atoms with E-state index in [1.807, 2.05) is 12.1 Å². The Morgan fingerprint density at radius 3 is 3.00 bits per heavy atom. The molecule has 1 aromatic carbocycles. The average Bonchev–Trinajstić information content (AvgIpc) is 3.05. The predicted octanol–water partition coefficient (Wildman–Crippen LogP) is 3.60. The van der Waals surface area contributed by atoms with Crippen molar-refractivity contribution in [3.05, 3.63) is 58.2 Å². The molecule has 0 aliphatic heterocycles. The SMILES string of the molecule is N#Cc1nc(NCC2C3Cc4ccccc4C23)ccc1Cl. The number of nitrogens with zero attached hydrogens (tertiary/aromatic N) is 2. The van der Waals surface area contributed by atoms with Crippen LogP contribution in [0.25, 0.3) is 0 Å². The molecule has 104 valence electrons. The number of rotatable bonds is 3. The van der Waals surface area contributed by atoms with Crippen molar-refractivity contribution in [2.24, 2.45) is 11.8 Å². The Hall–Kier alpha value is -2.05. The molecule has 0 bridgehead atoms. The summed E-state index contributed by atoms with van der Waals surface area (Å²) in [5, 5.41) is 12.7. The first kappa shape index (κ1) is 12.7. The molecule has 3 nitrogen and oxygen atoms in total. The Labute approximate surface area is 128 Å². The van der Waals surface area contributed by atoms with Gasteiger partial charge in [-0.15, -0.1) is 0 Å². The molecule has 1 saturated carbocycles. The topological polar surface area (TPSA) is 48.7 Å². The second kappa shape index (κ2) is 4.75. The van der Waals surface area contributed by atoms with Gasteiger partial charge >= 0.3 is 0 Å². The van der Waals surface area contributed by atoms with Gasteiger partial charge in [0, 0.05) is 6.54 Å². The molecule has 1 N–H and O–H groups in total. The van der Waals surface area contributed by atoms with Crippen molar-refractivity contribution in [1.82, 2.24) is 4.98 Å². The van der Waals surface area contributed by atoms with Crippen LogP contribution in [-0.2, 0) is 6.42 Å². The van der Waals surface area contributed by atoms with Gasteiger partial charge in [-0.05, 0) is 47.4 Å². The van der Waals surface area contributed by atoms with Crippen molar-refractivity contribution in [1.29, 1.82) is 5.26 Å². The standard InChI is InChI=1S/C17H14ClN3/c18-14-5-6-16(21-15(14)8-19)20-9-13-12-7-10-3-1-2-4-11(10)17(12)13/h1-6,12-13,17H,7,9H2,(H,20,21). The lowest BCUT2D eigenvalue weighted by Crippen LogP contribution is -2.09. The van der Waals surface area contributed by atoms with E-state index in [1.165, 1.54) is 17.5 Å². The third-order valence-electron chi connectivity index (χ3n) is 4.67. The van der Waals surface area contributed by atoms with E-state index in [1.54, 1.807) is 6.07 Å². The molecule has 2 aliphatic rings. The van der Waals surface area contributed by atoms with Crippen LogP contribution in [-0.4, -0.2) is 11.5 Å². The molecule has 3 unspecified atom stereocenters. The Morgan fingerprint density at radius 2 is 2.14 bits per heavy atom. The van der Waals surface area contributed by atoms with Gasteiger partial charge in [0.05, 0.1) is 5.02 Å². The fourth-order valence-electron chi connectivity index (χ4n) is 3.60. The van der Waals surface area contributed by atoms with Crippen LogP contribution in [0, 0.1) is 23.2 Å². The zero-order valence-corrected chi connectivity index (χ0v) is 12.1. The molecule has 4 rings (SSSR count). The van der Waals surface area contributed by atoms with Gasteiger partial charge in [-0.25, -0.2) is 4.98 Å². The summed E-state index contributed by atoms with van der Waals surface area (Å²) >= 11 is 5.89. The Morgan fingerprint density at radius 1 is 1.29 bits per heavy atom. The van der Waals surface area contributed by atoms with Crippen LogP contribution in [0.2, 0.25) is 5.02 Å². The minimum Gasteiger partial charge on any atom is -0.370 e. The number of fused-ring (bicyclic) bond motifs is 3. The highest BCUT2D eigenvalue weighted by atomic mass is 35.5. The smallest absolute Gasteiger partial charge is 0.161 e. The van der Waals surface area contributed by atoms with Crippen molar-refractivity contribution >= 4 is 17.4 Å². The van der Waals surface area contributed by atoms with Crippen molar-refractivity contribution in [2.75, 3.05) is 11.9 Å². The lowest BCUT2D eigenvalue weighted by atomic mass is 10.0. The fraction of sp³-hybridized carbons (Fsp3) is 0.294. The number of nitriles is 1. The van der Waals surface area contributed by atoms with Crippen LogP contribution in [0.15, 0.2) is 36.4 Å². The Kier molecular flexibility index (Phi) is 2.87. The second-order valence-electron chi connectivity index (χ2n) is 5.78. The Balaban J connectivity index is 1.43. The van der Waals surface area contributed by atoms with Gasteiger partial charge in [0.1, 0.15) is 11.9 Å². The minimum absolute atomic E-state index is 0.281. The van der Waals surface area contributed by atoms with Gasteiger partial charge in [0.2, 0.25) is 0 Å². The minimum atomic E-state index is 0.281. The van der Waals surface area contributed by atoms with Gasteiger partial charge in [0.25, 0.3) is 0 Å². The molecule has 1 heterocycles.